The molecule has 0 aliphatic carbocycles. The van der Waals surface area contributed by atoms with E-state index in [1.54, 1.807) is 50.2 Å². The van der Waals surface area contributed by atoms with Crippen molar-refractivity contribution in [1.82, 2.24) is 4.72 Å². The molecule has 30 heavy (non-hydrogen) atoms. The lowest BCUT2D eigenvalue weighted by Crippen LogP contribution is -2.46. The molecule has 0 aliphatic heterocycles. The summed E-state index contributed by atoms with van der Waals surface area (Å²) in [6.45, 7) is 3.51. The van der Waals surface area contributed by atoms with Crippen molar-refractivity contribution in [2.24, 2.45) is 0 Å². The number of amides is 2. The third-order valence-corrected chi connectivity index (χ3v) is 7.30. The van der Waals surface area contributed by atoms with Gasteiger partial charge >= 0.3 is 6.03 Å². The Hall–Kier alpha value is -3.17. The topological polar surface area (TPSA) is 101 Å². The summed E-state index contributed by atoms with van der Waals surface area (Å²) in [5, 5.41) is 0. The molecule has 0 aliphatic rings. The van der Waals surface area contributed by atoms with Crippen molar-refractivity contribution in [1.29, 1.82) is 0 Å². The predicted octanol–water partition coefficient (Wildman–Crippen LogP) is 3.60. The number of anilines is 1. The van der Waals surface area contributed by atoms with Gasteiger partial charge in [-0.1, -0.05) is 48.0 Å². The van der Waals surface area contributed by atoms with E-state index >= 15 is 0 Å². The van der Waals surface area contributed by atoms with Gasteiger partial charge in [0, 0.05) is 0 Å². The maximum Gasteiger partial charge on any atom is 0.349 e. The van der Waals surface area contributed by atoms with E-state index in [0.717, 1.165) is 5.56 Å². The van der Waals surface area contributed by atoms with E-state index in [2.05, 4.69) is 0 Å². The first kappa shape index (κ1) is 21.5. The van der Waals surface area contributed by atoms with Crippen LogP contribution in [0.25, 0.3) is 0 Å². The fourth-order valence-corrected chi connectivity index (χ4v) is 5.19. The van der Waals surface area contributed by atoms with Crippen molar-refractivity contribution < 1.29 is 21.6 Å². The van der Waals surface area contributed by atoms with E-state index < -0.39 is 26.1 Å². The summed E-state index contributed by atoms with van der Waals surface area (Å²) in [5.74, 6) is 0. The van der Waals surface area contributed by atoms with Crippen LogP contribution in [0.5, 0.6) is 0 Å². The highest BCUT2D eigenvalue weighted by Gasteiger charge is 2.33. The summed E-state index contributed by atoms with van der Waals surface area (Å²) < 4.78 is 54.2. The smallest absolute Gasteiger partial charge is 0.246 e. The number of nitrogens with zero attached hydrogens (tertiary/aromatic N) is 1. The highest BCUT2D eigenvalue weighted by atomic mass is 32.2. The maximum atomic E-state index is 13.2. The number of carbonyl (C=O) groups is 1. The Labute approximate surface area is 176 Å². The normalized spacial score (nSPS) is 11.7. The Kier molecular flexibility index (Phi) is 5.95. The summed E-state index contributed by atoms with van der Waals surface area (Å²) in [6.07, 6.45) is 0. The van der Waals surface area contributed by atoms with E-state index in [-0.39, 0.29) is 15.5 Å². The van der Waals surface area contributed by atoms with Crippen LogP contribution in [0.2, 0.25) is 0 Å². The van der Waals surface area contributed by atoms with Crippen molar-refractivity contribution in [3.63, 3.8) is 0 Å². The fourth-order valence-electron chi connectivity index (χ4n) is 2.74. The number of para-hydroxylation sites is 1. The quantitative estimate of drug-likeness (QED) is 0.648. The Balaban J connectivity index is 2.05. The molecule has 3 aromatic carbocycles. The molecule has 3 aromatic rings. The van der Waals surface area contributed by atoms with E-state index in [0.29, 0.717) is 9.87 Å². The second kappa shape index (κ2) is 8.29. The van der Waals surface area contributed by atoms with E-state index in [1.165, 1.54) is 42.5 Å². The molecule has 7 nitrogen and oxygen atoms in total. The standard InChI is InChI=1S/C21H20N2O5S2/c1-16-11-13-19(14-12-16)30(27,28)23(18-8-4-3-5-9-18)21(24)22-29(25,26)20-10-6-7-17(2)15-20/h3-15H,1-2H3,(H,22,24). The van der Waals surface area contributed by atoms with Gasteiger partial charge in [0.2, 0.25) is 0 Å². The molecule has 0 atom stereocenters. The molecule has 0 radical (unpaired) electrons. The molecule has 0 unspecified atom stereocenters. The number of benzene rings is 3. The van der Waals surface area contributed by atoms with Crippen molar-refractivity contribution >= 4 is 31.8 Å². The Morgan fingerprint density at radius 2 is 1.37 bits per heavy atom. The molecular formula is C21H20N2O5S2. The predicted molar refractivity (Wildman–Crippen MR) is 114 cm³/mol. The highest BCUT2D eigenvalue weighted by molar-refractivity contribution is 7.94. The lowest BCUT2D eigenvalue weighted by atomic mass is 10.2. The number of aryl methyl sites for hydroxylation is 2. The van der Waals surface area contributed by atoms with Gasteiger partial charge in [0.25, 0.3) is 20.0 Å². The van der Waals surface area contributed by atoms with Crippen LogP contribution in [0.15, 0.2) is 88.7 Å². The lowest BCUT2D eigenvalue weighted by Gasteiger charge is -2.23. The van der Waals surface area contributed by atoms with Gasteiger partial charge in [-0.2, -0.15) is 4.31 Å². The Morgan fingerprint density at radius 3 is 1.97 bits per heavy atom. The summed E-state index contributed by atoms with van der Waals surface area (Å²) in [4.78, 5) is 12.7. The molecule has 0 bridgehead atoms. The molecule has 9 heteroatoms. The van der Waals surface area contributed by atoms with Crippen molar-refractivity contribution in [3.8, 4) is 0 Å². The number of rotatable bonds is 5. The van der Waals surface area contributed by atoms with E-state index in [1.807, 2.05) is 4.72 Å². The zero-order valence-electron chi connectivity index (χ0n) is 16.3. The largest absolute Gasteiger partial charge is 0.349 e. The third-order valence-electron chi connectivity index (χ3n) is 4.26. The summed E-state index contributed by atoms with van der Waals surface area (Å²) in [5.41, 5.74) is 1.53. The molecule has 156 valence electrons. The number of hydrogen-bond acceptors (Lipinski definition) is 5. The third kappa shape index (κ3) is 4.52. The van der Waals surface area contributed by atoms with Crippen LogP contribution < -0.4 is 9.03 Å². The zero-order chi connectivity index (χ0) is 21.9. The minimum absolute atomic E-state index is 0.00928. The van der Waals surface area contributed by atoms with Crippen LogP contribution in [-0.2, 0) is 20.0 Å². The summed E-state index contributed by atoms with van der Waals surface area (Å²) >= 11 is 0. The molecule has 0 saturated carbocycles. The average Bonchev–Trinajstić information content (AvgIpc) is 2.68. The second-order valence-electron chi connectivity index (χ2n) is 6.65. The molecule has 3 rings (SSSR count). The van der Waals surface area contributed by atoms with Gasteiger partial charge in [0.15, 0.2) is 0 Å². The number of carbonyl (C=O) groups excluding carboxylic acids is 1. The number of nitrogens with one attached hydrogen (secondary N) is 1. The second-order valence-corrected chi connectivity index (χ2v) is 10.1. The highest BCUT2D eigenvalue weighted by Crippen LogP contribution is 2.24. The van der Waals surface area contributed by atoms with E-state index in [4.69, 9.17) is 0 Å². The molecule has 1 N–H and O–H groups in total. The van der Waals surface area contributed by atoms with Crippen molar-refractivity contribution in [2.75, 3.05) is 4.31 Å². The molecular weight excluding hydrogens is 424 g/mol. The van der Waals surface area contributed by atoms with Gasteiger partial charge in [0.05, 0.1) is 15.5 Å². The first-order valence-electron chi connectivity index (χ1n) is 8.92. The Bertz CT molecular complexity index is 1270. The first-order valence-corrected chi connectivity index (χ1v) is 11.8. The zero-order valence-corrected chi connectivity index (χ0v) is 17.9. The first-order chi connectivity index (χ1) is 14.1. The molecule has 0 fully saturated rings. The summed E-state index contributed by atoms with van der Waals surface area (Å²) in [7, 11) is -8.67. The van der Waals surface area contributed by atoms with Gasteiger partial charge < -0.3 is 0 Å². The SMILES string of the molecule is Cc1ccc(S(=O)(=O)N(C(=O)NS(=O)(=O)c2cccc(C)c2)c2ccccc2)cc1. The van der Waals surface area contributed by atoms with Crippen LogP contribution in [0.3, 0.4) is 0 Å². The lowest BCUT2D eigenvalue weighted by molar-refractivity contribution is 0.254. The minimum Gasteiger partial charge on any atom is -0.246 e. The average molecular weight is 445 g/mol. The van der Waals surface area contributed by atoms with Crippen LogP contribution in [0.4, 0.5) is 10.5 Å². The number of sulfonamides is 2. The maximum absolute atomic E-state index is 13.2. The van der Waals surface area contributed by atoms with Gasteiger partial charge in [-0.15, -0.1) is 0 Å². The number of hydrogen-bond donors (Lipinski definition) is 1. The summed E-state index contributed by atoms with van der Waals surface area (Å²) in [6, 6.07) is 18.1. The fraction of sp³-hybridized carbons (Fsp3) is 0.0952. The van der Waals surface area contributed by atoms with Crippen LogP contribution >= 0.6 is 0 Å². The van der Waals surface area contributed by atoms with Gasteiger partial charge in [-0.25, -0.2) is 26.4 Å². The van der Waals surface area contributed by atoms with Crippen molar-refractivity contribution in [2.45, 2.75) is 23.6 Å². The van der Waals surface area contributed by atoms with Crippen LogP contribution in [0.1, 0.15) is 11.1 Å². The molecule has 0 heterocycles. The van der Waals surface area contributed by atoms with Crippen LogP contribution in [0, 0.1) is 13.8 Å². The molecule has 0 saturated heterocycles. The van der Waals surface area contributed by atoms with Gasteiger partial charge in [-0.3, -0.25) is 0 Å². The Morgan fingerprint density at radius 1 is 0.733 bits per heavy atom. The molecule has 2 amide bonds. The van der Waals surface area contributed by atoms with Gasteiger partial charge in [-0.05, 0) is 55.8 Å². The van der Waals surface area contributed by atoms with Gasteiger partial charge in [0.1, 0.15) is 0 Å². The molecule has 0 spiro atoms. The minimum atomic E-state index is -4.38. The number of urea groups is 1. The van der Waals surface area contributed by atoms with E-state index in [9.17, 15) is 21.6 Å². The molecule has 0 aromatic heterocycles. The van der Waals surface area contributed by atoms with Crippen LogP contribution in [-0.4, -0.2) is 22.9 Å². The van der Waals surface area contributed by atoms with Crippen molar-refractivity contribution in [3.05, 3.63) is 90.0 Å². The monoisotopic (exact) mass is 444 g/mol.